The molecular formula is C15H24FNO2S. The van der Waals surface area contributed by atoms with Gasteiger partial charge in [0, 0.05) is 6.04 Å². The fourth-order valence-electron chi connectivity index (χ4n) is 2.04. The van der Waals surface area contributed by atoms with E-state index in [9.17, 15) is 12.8 Å². The lowest BCUT2D eigenvalue weighted by molar-refractivity contribution is 0.488. The molecule has 0 bridgehead atoms. The van der Waals surface area contributed by atoms with Gasteiger partial charge in [0.2, 0.25) is 10.0 Å². The minimum atomic E-state index is -3.37. The molecule has 0 radical (unpaired) electrons. The summed E-state index contributed by atoms with van der Waals surface area (Å²) in [6, 6.07) is 5.48. The van der Waals surface area contributed by atoms with Crippen LogP contribution < -0.4 is 4.72 Å². The minimum Gasteiger partial charge on any atom is -0.212 e. The molecule has 0 fully saturated rings. The van der Waals surface area contributed by atoms with Gasteiger partial charge in [-0.15, -0.1) is 0 Å². The van der Waals surface area contributed by atoms with Crippen LogP contribution in [0.3, 0.4) is 0 Å². The van der Waals surface area contributed by atoms with Crippen LogP contribution >= 0.6 is 0 Å². The van der Waals surface area contributed by atoms with E-state index >= 15 is 0 Å². The average Bonchev–Trinajstić information content (AvgIpc) is 2.30. The van der Waals surface area contributed by atoms with E-state index in [0.717, 1.165) is 19.3 Å². The first-order valence-electron chi connectivity index (χ1n) is 7.03. The second-order valence-electron chi connectivity index (χ2n) is 5.73. The number of halogens is 1. The van der Waals surface area contributed by atoms with E-state index in [-0.39, 0.29) is 17.6 Å². The third-order valence-electron chi connectivity index (χ3n) is 3.07. The molecule has 1 atom stereocenters. The highest BCUT2D eigenvalue weighted by Crippen LogP contribution is 2.11. The molecule has 1 unspecified atom stereocenters. The van der Waals surface area contributed by atoms with Gasteiger partial charge in [-0.05, 0) is 37.0 Å². The summed E-state index contributed by atoms with van der Waals surface area (Å²) in [5.74, 6) is 0.168. The second kappa shape index (κ2) is 7.74. The molecule has 0 aliphatic heterocycles. The third kappa shape index (κ3) is 7.01. The van der Waals surface area contributed by atoms with Crippen molar-refractivity contribution in [3.63, 3.8) is 0 Å². The van der Waals surface area contributed by atoms with Crippen molar-refractivity contribution in [1.82, 2.24) is 4.72 Å². The fourth-order valence-corrected chi connectivity index (χ4v) is 3.48. The molecule has 0 saturated carbocycles. The van der Waals surface area contributed by atoms with Crippen molar-refractivity contribution >= 4 is 10.0 Å². The lowest BCUT2D eigenvalue weighted by Crippen LogP contribution is -2.33. The smallest absolute Gasteiger partial charge is 0.212 e. The molecule has 5 heteroatoms. The minimum absolute atomic E-state index is 0.0702. The summed E-state index contributed by atoms with van der Waals surface area (Å²) in [6.45, 7) is 6.19. The molecule has 0 aliphatic rings. The Balaban J connectivity index is 2.46. The molecule has 1 aromatic carbocycles. The van der Waals surface area contributed by atoms with Crippen LogP contribution in [0.2, 0.25) is 0 Å². The van der Waals surface area contributed by atoms with Crippen molar-refractivity contribution in [1.29, 1.82) is 0 Å². The lowest BCUT2D eigenvalue weighted by atomic mass is 10.0. The van der Waals surface area contributed by atoms with Gasteiger partial charge in [0.1, 0.15) is 5.82 Å². The van der Waals surface area contributed by atoms with E-state index < -0.39 is 10.0 Å². The van der Waals surface area contributed by atoms with Gasteiger partial charge in [-0.2, -0.15) is 0 Å². The quantitative estimate of drug-likeness (QED) is 0.799. The Morgan fingerprint density at radius 1 is 1.10 bits per heavy atom. The Hall–Kier alpha value is -0.940. The van der Waals surface area contributed by atoms with Gasteiger partial charge in [-0.3, -0.25) is 0 Å². The van der Waals surface area contributed by atoms with Gasteiger partial charge in [0.15, 0.2) is 0 Å². The van der Waals surface area contributed by atoms with Crippen LogP contribution in [-0.4, -0.2) is 14.5 Å². The predicted octanol–water partition coefficient (Wildman–Crippen LogP) is 3.46. The van der Waals surface area contributed by atoms with E-state index in [0.29, 0.717) is 11.5 Å². The fraction of sp³-hybridized carbons (Fsp3) is 0.600. The number of hydrogen-bond acceptors (Lipinski definition) is 2. The molecule has 1 N–H and O–H groups in total. The lowest BCUT2D eigenvalue weighted by Gasteiger charge is -2.15. The van der Waals surface area contributed by atoms with Gasteiger partial charge in [-0.25, -0.2) is 17.5 Å². The van der Waals surface area contributed by atoms with Crippen molar-refractivity contribution < 1.29 is 12.8 Å². The maximum absolute atomic E-state index is 12.8. The number of rotatable bonds is 8. The van der Waals surface area contributed by atoms with Gasteiger partial charge >= 0.3 is 0 Å². The van der Waals surface area contributed by atoms with E-state index in [1.165, 1.54) is 24.3 Å². The molecule has 0 saturated heterocycles. The van der Waals surface area contributed by atoms with Crippen molar-refractivity contribution in [2.45, 2.75) is 51.8 Å². The predicted molar refractivity (Wildman–Crippen MR) is 80.3 cm³/mol. The molecule has 0 amide bonds. The first kappa shape index (κ1) is 17.1. The molecule has 0 spiro atoms. The summed E-state index contributed by atoms with van der Waals surface area (Å²) < 4.78 is 39.4. The Labute approximate surface area is 121 Å². The van der Waals surface area contributed by atoms with Gasteiger partial charge in [0.05, 0.1) is 5.75 Å². The molecule has 1 rings (SSSR count). The van der Waals surface area contributed by atoms with Crippen LogP contribution in [0.4, 0.5) is 4.39 Å². The third-order valence-corrected chi connectivity index (χ3v) is 4.54. The van der Waals surface area contributed by atoms with Crippen LogP contribution in [0.25, 0.3) is 0 Å². The Kier molecular flexibility index (Phi) is 6.62. The van der Waals surface area contributed by atoms with Gasteiger partial charge < -0.3 is 0 Å². The zero-order chi connectivity index (χ0) is 15.2. The summed E-state index contributed by atoms with van der Waals surface area (Å²) in [6.07, 6.45) is 2.95. The van der Waals surface area contributed by atoms with Crippen molar-refractivity contribution in [2.75, 3.05) is 0 Å². The molecular weight excluding hydrogens is 277 g/mol. The first-order valence-corrected chi connectivity index (χ1v) is 8.68. The Morgan fingerprint density at radius 3 is 2.25 bits per heavy atom. The first-order chi connectivity index (χ1) is 9.28. The summed E-state index contributed by atoms with van der Waals surface area (Å²) in [5, 5.41) is 0. The zero-order valence-corrected chi connectivity index (χ0v) is 13.2. The number of sulfonamides is 1. The molecule has 1 aromatic rings. The number of nitrogens with one attached hydrogen (secondary N) is 1. The van der Waals surface area contributed by atoms with Crippen LogP contribution in [-0.2, 0) is 15.8 Å². The Morgan fingerprint density at radius 2 is 1.70 bits per heavy atom. The highest BCUT2D eigenvalue weighted by Gasteiger charge is 2.15. The summed E-state index contributed by atoms with van der Waals surface area (Å²) in [4.78, 5) is 0. The number of hydrogen-bond donors (Lipinski definition) is 1. The highest BCUT2D eigenvalue weighted by molar-refractivity contribution is 7.88. The normalized spacial score (nSPS) is 13.7. The van der Waals surface area contributed by atoms with Gasteiger partial charge in [0.25, 0.3) is 0 Å². The molecule has 0 aromatic heterocycles. The van der Waals surface area contributed by atoms with Crippen LogP contribution in [0.1, 0.15) is 45.6 Å². The second-order valence-corrected chi connectivity index (χ2v) is 7.48. The zero-order valence-electron chi connectivity index (χ0n) is 12.4. The maximum Gasteiger partial charge on any atom is 0.216 e. The molecule has 3 nitrogen and oxygen atoms in total. The topological polar surface area (TPSA) is 46.2 Å². The SMILES string of the molecule is CC(C)CCCC(C)NS(=O)(=O)Cc1ccc(F)cc1. The highest BCUT2D eigenvalue weighted by atomic mass is 32.2. The molecule has 20 heavy (non-hydrogen) atoms. The Bertz CT molecular complexity index is 497. The van der Waals surface area contributed by atoms with E-state index in [1.807, 2.05) is 6.92 Å². The average molecular weight is 301 g/mol. The van der Waals surface area contributed by atoms with E-state index in [2.05, 4.69) is 18.6 Å². The van der Waals surface area contributed by atoms with E-state index in [4.69, 9.17) is 0 Å². The van der Waals surface area contributed by atoms with Crippen molar-refractivity contribution in [3.8, 4) is 0 Å². The number of benzene rings is 1. The molecule has 114 valence electrons. The van der Waals surface area contributed by atoms with Crippen molar-refractivity contribution in [2.24, 2.45) is 5.92 Å². The van der Waals surface area contributed by atoms with Gasteiger partial charge in [-0.1, -0.05) is 38.8 Å². The van der Waals surface area contributed by atoms with Crippen molar-refractivity contribution in [3.05, 3.63) is 35.6 Å². The van der Waals surface area contributed by atoms with Crippen LogP contribution in [0.5, 0.6) is 0 Å². The molecule has 0 aliphatic carbocycles. The largest absolute Gasteiger partial charge is 0.216 e. The summed E-state index contributed by atoms with van der Waals surface area (Å²) in [5.41, 5.74) is 0.591. The molecule has 0 heterocycles. The summed E-state index contributed by atoms with van der Waals surface area (Å²) >= 11 is 0. The van der Waals surface area contributed by atoms with Crippen LogP contribution in [0.15, 0.2) is 24.3 Å². The summed E-state index contributed by atoms with van der Waals surface area (Å²) in [7, 11) is -3.37. The van der Waals surface area contributed by atoms with Crippen LogP contribution in [0, 0.1) is 11.7 Å². The standard InChI is InChI=1S/C15H24FNO2S/c1-12(2)5-4-6-13(3)17-20(18,19)11-14-7-9-15(16)10-8-14/h7-10,12-13,17H,4-6,11H2,1-3H3. The monoisotopic (exact) mass is 301 g/mol. The van der Waals surface area contributed by atoms with E-state index in [1.54, 1.807) is 0 Å². The maximum atomic E-state index is 12.8.